The number of aromatic nitrogens is 3. The third-order valence-corrected chi connectivity index (χ3v) is 6.36. The van der Waals surface area contributed by atoms with Gasteiger partial charge in [-0.05, 0) is 60.5 Å². The molecule has 36 heavy (non-hydrogen) atoms. The van der Waals surface area contributed by atoms with E-state index >= 15 is 0 Å². The van der Waals surface area contributed by atoms with Crippen LogP contribution in [0.3, 0.4) is 0 Å². The van der Waals surface area contributed by atoms with E-state index in [-0.39, 0.29) is 25.2 Å². The Balaban J connectivity index is 1.72. The molecule has 0 unspecified atom stereocenters. The Kier molecular flexibility index (Phi) is 7.88. The van der Waals surface area contributed by atoms with E-state index in [9.17, 15) is 18.0 Å². The molecule has 0 aliphatic rings. The third kappa shape index (κ3) is 5.83. The molecular weight excluding hydrogens is 536 g/mol. The van der Waals surface area contributed by atoms with Crippen LogP contribution in [0, 0.1) is 0 Å². The number of alkyl halides is 3. The van der Waals surface area contributed by atoms with Crippen molar-refractivity contribution in [2.75, 3.05) is 6.54 Å². The maximum Gasteiger partial charge on any atom is 0.434 e. The van der Waals surface area contributed by atoms with E-state index in [1.807, 2.05) is 0 Å². The molecule has 1 amide bonds. The summed E-state index contributed by atoms with van der Waals surface area (Å²) in [5, 5.41) is 5.05. The maximum atomic E-state index is 14.2. The van der Waals surface area contributed by atoms with E-state index in [1.165, 1.54) is 29.2 Å². The minimum atomic E-state index is -4.86. The lowest BCUT2D eigenvalue weighted by atomic mass is 10.1. The summed E-state index contributed by atoms with van der Waals surface area (Å²) in [5.74, 6) is -0.851. The predicted octanol–water partition coefficient (Wildman–Crippen LogP) is 7.13. The molecule has 4 aromatic rings. The first-order chi connectivity index (χ1) is 17.1. The van der Waals surface area contributed by atoms with Crippen LogP contribution >= 0.6 is 34.8 Å². The molecule has 0 aliphatic heterocycles. The van der Waals surface area contributed by atoms with Gasteiger partial charge in [-0.2, -0.15) is 18.3 Å². The second-order valence-electron chi connectivity index (χ2n) is 7.79. The lowest BCUT2D eigenvalue weighted by molar-refractivity contribution is -0.143. The molecule has 0 saturated carbocycles. The standard InChI is InChI=1S/C25H18Cl3F3N4O/c26-16-7-9-18(10-8-16)35-23(25(29,30)31)20(14-33-35)24(36)34(15-17-4-1-2-12-32-17)13-11-19-21(27)5-3-6-22(19)28/h1-10,12,14H,11,13,15H2. The van der Waals surface area contributed by atoms with Crippen LogP contribution in [-0.4, -0.2) is 32.1 Å². The molecule has 11 heteroatoms. The van der Waals surface area contributed by atoms with Crippen molar-refractivity contribution in [3.8, 4) is 5.69 Å². The lowest BCUT2D eigenvalue weighted by Crippen LogP contribution is -2.34. The molecule has 2 heterocycles. The SMILES string of the molecule is O=C(c1cnn(-c2ccc(Cl)cc2)c1C(F)(F)F)N(CCc1c(Cl)cccc1Cl)Cc1ccccn1. The van der Waals surface area contributed by atoms with Gasteiger partial charge in [-0.25, -0.2) is 4.68 Å². The van der Waals surface area contributed by atoms with Gasteiger partial charge in [0, 0.05) is 27.8 Å². The van der Waals surface area contributed by atoms with Crippen molar-refractivity contribution < 1.29 is 18.0 Å². The molecule has 4 rings (SSSR count). The van der Waals surface area contributed by atoms with Crippen molar-refractivity contribution >= 4 is 40.7 Å². The highest BCUT2D eigenvalue weighted by molar-refractivity contribution is 6.36. The van der Waals surface area contributed by atoms with E-state index < -0.39 is 23.3 Å². The molecule has 0 spiro atoms. The van der Waals surface area contributed by atoms with Crippen molar-refractivity contribution in [2.45, 2.75) is 19.1 Å². The first-order valence-corrected chi connectivity index (χ1v) is 11.8. The van der Waals surface area contributed by atoms with Crippen molar-refractivity contribution in [3.63, 3.8) is 0 Å². The van der Waals surface area contributed by atoms with Gasteiger partial charge in [0.1, 0.15) is 0 Å². The summed E-state index contributed by atoms with van der Waals surface area (Å²) < 4.78 is 43.3. The molecule has 0 N–H and O–H groups in total. The Morgan fingerprint density at radius 1 is 0.944 bits per heavy atom. The van der Waals surface area contributed by atoms with Gasteiger partial charge >= 0.3 is 6.18 Å². The highest BCUT2D eigenvalue weighted by Crippen LogP contribution is 2.35. The zero-order chi connectivity index (χ0) is 25.9. The fourth-order valence-corrected chi connectivity index (χ4v) is 4.40. The smallest absolute Gasteiger partial charge is 0.332 e. The van der Waals surface area contributed by atoms with Crippen LogP contribution in [0.1, 0.15) is 27.3 Å². The van der Waals surface area contributed by atoms with E-state index in [0.717, 1.165) is 6.20 Å². The van der Waals surface area contributed by atoms with Crippen LogP contribution in [0.4, 0.5) is 13.2 Å². The highest BCUT2D eigenvalue weighted by Gasteiger charge is 2.41. The van der Waals surface area contributed by atoms with Crippen LogP contribution < -0.4 is 0 Å². The van der Waals surface area contributed by atoms with Gasteiger partial charge in [0.2, 0.25) is 0 Å². The van der Waals surface area contributed by atoms with Gasteiger partial charge < -0.3 is 4.90 Å². The number of benzene rings is 2. The third-order valence-electron chi connectivity index (χ3n) is 5.40. The van der Waals surface area contributed by atoms with Crippen molar-refractivity contribution in [3.05, 3.63) is 111 Å². The number of pyridine rings is 1. The number of hydrogen-bond donors (Lipinski definition) is 0. The van der Waals surface area contributed by atoms with Crippen LogP contribution in [0.2, 0.25) is 15.1 Å². The Morgan fingerprint density at radius 3 is 2.25 bits per heavy atom. The Labute approximate surface area is 220 Å². The summed E-state index contributed by atoms with van der Waals surface area (Å²) in [4.78, 5) is 19.1. The van der Waals surface area contributed by atoms with Crippen LogP contribution in [0.15, 0.2) is 73.1 Å². The van der Waals surface area contributed by atoms with E-state index in [0.29, 0.717) is 31.0 Å². The van der Waals surface area contributed by atoms with Gasteiger partial charge in [0.25, 0.3) is 5.91 Å². The fourth-order valence-electron chi connectivity index (χ4n) is 3.68. The largest absolute Gasteiger partial charge is 0.434 e. The molecule has 2 aromatic carbocycles. The Bertz CT molecular complexity index is 1340. The summed E-state index contributed by atoms with van der Waals surface area (Å²) in [6, 6.07) is 15.8. The number of nitrogens with zero attached hydrogens (tertiary/aromatic N) is 4. The van der Waals surface area contributed by atoms with Crippen LogP contribution in [-0.2, 0) is 19.1 Å². The fraction of sp³-hybridized carbons (Fsp3) is 0.160. The van der Waals surface area contributed by atoms with Crippen molar-refractivity contribution in [2.24, 2.45) is 0 Å². The molecule has 5 nitrogen and oxygen atoms in total. The number of halogens is 6. The van der Waals surface area contributed by atoms with E-state index in [4.69, 9.17) is 34.8 Å². The molecule has 0 bridgehead atoms. The molecule has 2 aromatic heterocycles. The average molecular weight is 554 g/mol. The number of carbonyl (C=O) groups excluding carboxylic acids is 1. The van der Waals surface area contributed by atoms with Crippen molar-refractivity contribution in [1.29, 1.82) is 0 Å². The lowest BCUT2D eigenvalue weighted by Gasteiger charge is -2.23. The first kappa shape index (κ1) is 26.0. The monoisotopic (exact) mass is 552 g/mol. The number of amides is 1. The molecule has 0 saturated heterocycles. The predicted molar refractivity (Wildman–Crippen MR) is 133 cm³/mol. The zero-order valence-electron chi connectivity index (χ0n) is 18.5. The summed E-state index contributed by atoms with van der Waals surface area (Å²) >= 11 is 18.4. The van der Waals surface area contributed by atoms with Gasteiger partial charge in [-0.3, -0.25) is 9.78 Å². The van der Waals surface area contributed by atoms with Crippen molar-refractivity contribution in [1.82, 2.24) is 19.7 Å². The summed E-state index contributed by atoms with van der Waals surface area (Å²) in [7, 11) is 0. The highest BCUT2D eigenvalue weighted by atomic mass is 35.5. The second kappa shape index (κ2) is 10.9. The molecule has 0 radical (unpaired) electrons. The molecule has 0 fully saturated rings. The Morgan fingerprint density at radius 2 is 1.64 bits per heavy atom. The molecule has 0 aliphatic carbocycles. The summed E-state index contributed by atoms with van der Waals surface area (Å²) in [5.41, 5.74) is -0.553. The molecule has 186 valence electrons. The number of hydrogen-bond acceptors (Lipinski definition) is 3. The maximum absolute atomic E-state index is 14.2. The first-order valence-electron chi connectivity index (χ1n) is 10.7. The number of rotatable bonds is 7. The topological polar surface area (TPSA) is 51.0 Å². The van der Waals surface area contributed by atoms with Gasteiger partial charge in [0.15, 0.2) is 5.69 Å². The Hall–Kier alpha value is -3.07. The summed E-state index contributed by atoms with van der Waals surface area (Å²) in [6.45, 7) is 0.0213. The van der Waals surface area contributed by atoms with E-state index in [1.54, 1.807) is 42.6 Å². The van der Waals surface area contributed by atoms with Gasteiger partial charge in [-0.15, -0.1) is 0 Å². The van der Waals surface area contributed by atoms with Gasteiger partial charge in [-0.1, -0.05) is 46.9 Å². The summed E-state index contributed by atoms with van der Waals surface area (Å²) in [6.07, 6.45) is -2.16. The quantitative estimate of drug-likeness (QED) is 0.245. The van der Waals surface area contributed by atoms with Crippen LogP contribution in [0.25, 0.3) is 5.69 Å². The number of carbonyl (C=O) groups is 1. The van der Waals surface area contributed by atoms with Gasteiger partial charge in [0.05, 0.1) is 29.7 Å². The normalized spacial score (nSPS) is 11.5. The minimum Gasteiger partial charge on any atom is -0.332 e. The zero-order valence-corrected chi connectivity index (χ0v) is 20.8. The van der Waals surface area contributed by atoms with Crippen LogP contribution in [0.5, 0.6) is 0 Å². The molecule has 0 atom stereocenters. The molecular formula is C25H18Cl3F3N4O. The second-order valence-corrected chi connectivity index (χ2v) is 9.04. The average Bonchev–Trinajstić information content (AvgIpc) is 3.30. The minimum absolute atomic E-state index is 0.0227. The van der Waals surface area contributed by atoms with E-state index in [2.05, 4.69) is 10.1 Å².